The van der Waals surface area contributed by atoms with Crippen LogP contribution in [-0.4, -0.2) is 21.8 Å². The van der Waals surface area contributed by atoms with Gasteiger partial charge in [-0.05, 0) is 49.4 Å². The van der Waals surface area contributed by atoms with Crippen molar-refractivity contribution in [2.45, 2.75) is 13.0 Å². The summed E-state index contributed by atoms with van der Waals surface area (Å²) in [5.74, 6) is -1.64. The van der Waals surface area contributed by atoms with E-state index in [1.54, 1.807) is 30.5 Å². The van der Waals surface area contributed by atoms with Crippen LogP contribution in [0, 0.1) is 6.92 Å². The Bertz CT molecular complexity index is 1380. The summed E-state index contributed by atoms with van der Waals surface area (Å²) in [6.45, 7) is 1.95. The first-order valence-electron chi connectivity index (χ1n) is 10.2. The van der Waals surface area contributed by atoms with Crippen molar-refractivity contribution in [2.24, 2.45) is 0 Å². The first kappa shape index (κ1) is 20.1. The Hall–Kier alpha value is -3.83. The first-order chi connectivity index (χ1) is 15.5. The maximum absolute atomic E-state index is 13.2. The van der Waals surface area contributed by atoms with Gasteiger partial charge in [-0.2, -0.15) is 0 Å². The summed E-state index contributed by atoms with van der Waals surface area (Å²) in [5.41, 5.74) is 3.70. The molecule has 1 saturated heterocycles. The van der Waals surface area contributed by atoms with Crippen molar-refractivity contribution in [2.75, 3.05) is 4.90 Å². The molecule has 2 N–H and O–H groups in total. The number of ketones is 1. The number of carbonyl (C=O) groups excluding carboxylic acids is 2. The zero-order valence-electron chi connectivity index (χ0n) is 17.2. The van der Waals surface area contributed by atoms with Crippen molar-refractivity contribution in [3.05, 3.63) is 106 Å². The Labute approximate surface area is 189 Å². The van der Waals surface area contributed by atoms with E-state index in [2.05, 4.69) is 4.98 Å². The molecule has 32 heavy (non-hydrogen) atoms. The Morgan fingerprint density at radius 3 is 2.38 bits per heavy atom. The molecule has 2 heterocycles. The topological polar surface area (TPSA) is 73.4 Å². The maximum atomic E-state index is 13.2. The third kappa shape index (κ3) is 3.18. The van der Waals surface area contributed by atoms with Gasteiger partial charge in [0.25, 0.3) is 11.7 Å². The number of anilines is 1. The van der Waals surface area contributed by atoms with Gasteiger partial charge < -0.3 is 10.1 Å². The zero-order chi connectivity index (χ0) is 22.4. The highest BCUT2D eigenvalue weighted by Crippen LogP contribution is 2.44. The second kappa shape index (κ2) is 7.70. The van der Waals surface area contributed by atoms with Crippen LogP contribution >= 0.6 is 11.6 Å². The number of aliphatic hydroxyl groups excluding tert-OH is 1. The number of benzene rings is 3. The van der Waals surface area contributed by atoms with Crippen LogP contribution in [0.4, 0.5) is 5.69 Å². The van der Waals surface area contributed by atoms with Gasteiger partial charge in [0.15, 0.2) is 0 Å². The molecule has 0 bridgehead atoms. The molecule has 1 unspecified atom stereocenters. The Balaban J connectivity index is 1.77. The van der Waals surface area contributed by atoms with E-state index in [4.69, 9.17) is 11.6 Å². The summed E-state index contributed by atoms with van der Waals surface area (Å²) in [6, 6.07) is 20.8. The number of Topliss-reactive ketones (excluding diaryl/α,β-unsaturated/α-hetero) is 1. The first-order valence-corrected chi connectivity index (χ1v) is 10.5. The highest BCUT2D eigenvalue weighted by Gasteiger charge is 2.47. The van der Waals surface area contributed by atoms with Gasteiger partial charge in [0.2, 0.25) is 0 Å². The molecule has 1 amide bonds. The lowest BCUT2D eigenvalue weighted by molar-refractivity contribution is -0.132. The minimum Gasteiger partial charge on any atom is -0.507 e. The largest absolute Gasteiger partial charge is 0.507 e. The van der Waals surface area contributed by atoms with Crippen LogP contribution in [0.3, 0.4) is 0 Å². The van der Waals surface area contributed by atoms with Crippen LogP contribution in [0.1, 0.15) is 22.7 Å². The number of H-pyrrole nitrogens is 1. The molecule has 1 aliphatic heterocycles. The van der Waals surface area contributed by atoms with E-state index in [0.29, 0.717) is 16.3 Å². The van der Waals surface area contributed by atoms with Crippen molar-refractivity contribution in [3.63, 3.8) is 0 Å². The Morgan fingerprint density at radius 1 is 0.969 bits per heavy atom. The normalized spacial score (nSPS) is 17.9. The van der Waals surface area contributed by atoms with E-state index in [1.807, 2.05) is 55.5 Å². The highest BCUT2D eigenvalue weighted by molar-refractivity contribution is 6.52. The monoisotopic (exact) mass is 442 g/mol. The number of nitrogens with zero attached hydrogens (tertiary/aromatic N) is 1. The molecular formula is C26H19ClN2O3. The molecule has 1 atom stereocenters. The fraction of sp³-hybridized carbons (Fsp3) is 0.0769. The smallest absolute Gasteiger partial charge is 0.300 e. The third-order valence-corrected chi connectivity index (χ3v) is 6.04. The van der Waals surface area contributed by atoms with Crippen LogP contribution < -0.4 is 4.90 Å². The summed E-state index contributed by atoms with van der Waals surface area (Å²) in [5, 5.41) is 12.6. The van der Waals surface area contributed by atoms with Crippen LogP contribution in [-0.2, 0) is 9.59 Å². The van der Waals surface area contributed by atoms with Gasteiger partial charge in [-0.15, -0.1) is 0 Å². The number of aromatic nitrogens is 1. The Morgan fingerprint density at radius 2 is 1.66 bits per heavy atom. The minimum absolute atomic E-state index is 0.0441. The second-order valence-corrected chi connectivity index (χ2v) is 8.24. The Kier molecular flexibility index (Phi) is 4.83. The van der Waals surface area contributed by atoms with E-state index in [1.165, 1.54) is 4.90 Å². The van der Waals surface area contributed by atoms with Gasteiger partial charge in [0, 0.05) is 38.9 Å². The molecule has 0 radical (unpaired) electrons. The number of hydrogen-bond donors (Lipinski definition) is 2. The second-order valence-electron chi connectivity index (χ2n) is 7.80. The molecule has 5 rings (SSSR count). The van der Waals surface area contributed by atoms with Crippen molar-refractivity contribution >= 4 is 45.6 Å². The predicted molar refractivity (Wildman–Crippen MR) is 126 cm³/mol. The number of rotatable bonds is 3. The summed E-state index contributed by atoms with van der Waals surface area (Å²) in [4.78, 5) is 31.1. The van der Waals surface area contributed by atoms with Crippen molar-refractivity contribution < 1.29 is 14.7 Å². The summed E-state index contributed by atoms with van der Waals surface area (Å²) >= 11 is 5.99. The van der Waals surface area contributed by atoms with Gasteiger partial charge in [-0.1, -0.05) is 47.5 Å². The van der Waals surface area contributed by atoms with Gasteiger partial charge in [-0.25, -0.2) is 0 Å². The summed E-state index contributed by atoms with van der Waals surface area (Å²) < 4.78 is 0. The van der Waals surface area contributed by atoms with Crippen molar-refractivity contribution in [3.8, 4) is 0 Å². The van der Waals surface area contributed by atoms with E-state index < -0.39 is 17.7 Å². The van der Waals surface area contributed by atoms with E-state index in [9.17, 15) is 14.7 Å². The van der Waals surface area contributed by atoms with E-state index >= 15 is 0 Å². The fourth-order valence-electron chi connectivity index (χ4n) is 4.18. The third-order valence-electron chi connectivity index (χ3n) is 5.79. The molecule has 0 aliphatic carbocycles. The SMILES string of the molecule is Cc1ccc(N2C(=O)C(=O)/C(=C(/O)c3ccc(Cl)cc3)C2c2c[nH]c3ccccc23)cc1. The number of aliphatic hydroxyl groups is 1. The van der Waals surface area contributed by atoms with Crippen molar-refractivity contribution in [1.29, 1.82) is 0 Å². The van der Waals surface area contributed by atoms with Crippen LogP contribution in [0.25, 0.3) is 16.7 Å². The molecule has 1 aromatic heterocycles. The summed E-state index contributed by atoms with van der Waals surface area (Å²) in [6.07, 6.45) is 1.79. The number of halogens is 1. The van der Waals surface area contributed by atoms with Gasteiger partial charge in [-0.3, -0.25) is 14.5 Å². The number of hydrogen-bond acceptors (Lipinski definition) is 3. The zero-order valence-corrected chi connectivity index (χ0v) is 17.9. The number of nitrogens with one attached hydrogen (secondary N) is 1. The van der Waals surface area contributed by atoms with Gasteiger partial charge in [0.05, 0.1) is 11.6 Å². The molecule has 5 nitrogen and oxygen atoms in total. The average molecular weight is 443 g/mol. The fourth-order valence-corrected chi connectivity index (χ4v) is 4.31. The van der Waals surface area contributed by atoms with Crippen LogP contribution in [0.2, 0.25) is 5.02 Å². The lowest BCUT2D eigenvalue weighted by atomic mass is 9.94. The molecule has 3 aromatic carbocycles. The van der Waals surface area contributed by atoms with Gasteiger partial charge in [0.1, 0.15) is 5.76 Å². The molecule has 1 aliphatic rings. The molecular weight excluding hydrogens is 424 g/mol. The molecule has 1 fully saturated rings. The van der Waals surface area contributed by atoms with Gasteiger partial charge >= 0.3 is 0 Å². The molecule has 0 saturated carbocycles. The van der Waals surface area contributed by atoms with E-state index in [-0.39, 0.29) is 11.3 Å². The minimum atomic E-state index is -0.787. The number of amides is 1. The maximum Gasteiger partial charge on any atom is 0.300 e. The van der Waals surface area contributed by atoms with E-state index in [0.717, 1.165) is 22.0 Å². The molecule has 4 aromatic rings. The van der Waals surface area contributed by atoms with Crippen LogP contribution in [0.15, 0.2) is 84.6 Å². The standard InChI is InChI=1S/C26H19ClN2O3/c1-15-6-12-18(13-7-15)29-23(20-14-28-21-5-3-2-4-19(20)21)22(25(31)26(29)32)24(30)16-8-10-17(27)11-9-16/h2-14,23,28,30H,1H3/b24-22+. The lowest BCUT2D eigenvalue weighted by Gasteiger charge is -2.25. The highest BCUT2D eigenvalue weighted by atomic mass is 35.5. The molecule has 6 heteroatoms. The number of fused-ring (bicyclic) bond motifs is 1. The number of aryl methyl sites for hydroxylation is 1. The summed E-state index contributed by atoms with van der Waals surface area (Å²) in [7, 11) is 0. The number of para-hydroxylation sites is 1. The average Bonchev–Trinajstić information content (AvgIpc) is 3.33. The quantitative estimate of drug-likeness (QED) is 0.241. The number of aromatic amines is 1. The molecule has 0 spiro atoms. The van der Waals surface area contributed by atoms with Crippen LogP contribution in [0.5, 0.6) is 0 Å². The predicted octanol–water partition coefficient (Wildman–Crippen LogP) is 5.76. The number of carbonyl (C=O) groups is 2. The van der Waals surface area contributed by atoms with Crippen molar-refractivity contribution in [1.82, 2.24) is 4.98 Å². The lowest BCUT2D eigenvalue weighted by Crippen LogP contribution is -2.29. The molecule has 158 valence electrons.